The topological polar surface area (TPSA) is 75.9 Å². The van der Waals surface area contributed by atoms with Gasteiger partial charge in [-0.15, -0.1) is 0 Å². The predicted molar refractivity (Wildman–Crippen MR) is 75.6 cm³/mol. The molecule has 2 rings (SSSR count). The first kappa shape index (κ1) is 14.2. The molecule has 1 aliphatic rings. The molecule has 1 aromatic carbocycles. The van der Waals surface area contributed by atoms with Crippen molar-refractivity contribution in [3.8, 4) is 5.75 Å². The van der Waals surface area contributed by atoms with Crippen LogP contribution in [-0.4, -0.2) is 49.5 Å². The normalized spacial score (nSPS) is 18.8. The van der Waals surface area contributed by atoms with E-state index in [4.69, 9.17) is 10.5 Å². The van der Waals surface area contributed by atoms with Crippen molar-refractivity contribution in [1.29, 1.82) is 0 Å². The van der Waals surface area contributed by atoms with Crippen LogP contribution in [0.5, 0.6) is 5.75 Å². The monoisotopic (exact) mass is 277 g/mol. The summed E-state index contributed by atoms with van der Waals surface area (Å²) in [6.45, 7) is 3.05. The van der Waals surface area contributed by atoms with Crippen LogP contribution in [0.2, 0.25) is 0 Å². The van der Waals surface area contributed by atoms with Crippen molar-refractivity contribution in [1.82, 2.24) is 4.90 Å². The number of carbonyl (C=O) groups excluding carboxylic acids is 2. The number of anilines is 1. The Bertz CT molecular complexity index is 501. The lowest BCUT2D eigenvalue weighted by molar-refractivity contribution is -0.138. The van der Waals surface area contributed by atoms with E-state index in [0.29, 0.717) is 19.6 Å². The van der Waals surface area contributed by atoms with Crippen LogP contribution in [0.3, 0.4) is 0 Å². The van der Waals surface area contributed by atoms with Crippen molar-refractivity contribution in [3.63, 3.8) is 0 Å². The second kappa shape index (κ2) is 5.81. The van der Waals surface area contributed by atoms with E-state index in [0.717, 1.165) is 11.4 Å². The number of methoxy groups -OCH3 is 1. The number of primary amides is 1. The highest BCUT2D eigenvalue weighted by molar-refractivity contribution is 5.86. The molecule has 1 heterocycles. The number of carbonyl (C=O) groups is 2. The molecule has 0 aromatic heterocycles. The van der Waals surface area contributed by atoms with Gasteiger partial charge < -0.3 is 20.3 Å². The van der Waals surface area contributed by atoms with Gasteiger partial charge in [0.05, 0.1) is 7.11 Å². The van der Waals surface area contributed by atoms with E-state index in [1.165, 1.54) is 11.8 Å². The molecule has 6 heteroatoms. The molecule has 1 atom stereocenters. The fourth-order valence-corrected chi connectivity index (χ4v) is 2.43. The maximum atomic E-state index is 11.5. The maximum absolute atomic E-state index is 11.5. The van der Waals surface area contributed by atoms with Gasteiger partial charge in [-0.25, -0.2) is 0 Å². The number of rotatable bonds is 3. The van der Waals surface area contributed by atoms with Crippen molar-refractivity contribution < 1.29 is 14.3 Å². The van der Waals surface area contributed by atoms with Gasteiger partial charge >= 0.3 is 0 Å². The summed E-state index contributed by atoms with van der Waals surface area (Å²) < 4.78 is 5.12. The zero-order chi connectivity index (χ0) is 14.7. The highest BCUT2D eigenvalue weighted by Gasteiger charge is 2.32. The summed E-state index contributed by atoms with van der Waals surface area (Å²) in [6.07, 6.45) is 0. The highest BCUT2D eigenvalue weighted by Crippen LogP contribution is 2.22. The largest absolute Gasteiger partial charge is 0.497 e. The molecule has 6 nitrogen and oxygen atoms in total. The third kappa shape index (κ3) is 2.84. The molecule has 1 fully saturated rings. The van der Waals surface area contributed by atoms with Crippen LogP contribution in [0, 0.1) is 0 Å². The smallest absolute Gasteiger partial charge is 0.242 e. The van der Waals surface area contributed by atoms with Crippen molar-refractivity contribution in [2.24, 2.45) is 5.73 Å². The standard InChI is InChI=1S/C14H19N3O3/c1-10(18)17-8-7-16(9-13(17)14(15)19)11-3-5-12(20-2)6-4-11/h3-6,13H,7-9H2,1-2H3,(H2,15,19)/t13-/m1/s1. The van der Waals surface area contributed by atoms with Crippen LogP contribution < -0.4 is 15.4 Å². The van der Waals surface area contributed by atoms with Crippen LogP contribution in [0.15, 0.2) is 24.3 Å². The number of nitrogens with two attached hydrogens (primary N) is 1. The van der Waals surface area contributed by atoms with E-state index in [1.54, 1.807) is 7.11 Å². The number of nitrogens with zero attached hydrogens (tertiary/aromatic N) is 2. The van der Waals surface area contributed by atoms with E-state index in [9.17, 15) is 9.59 Å². The first-order valence-electron chi connectivity index (χ1n) is 6.48. The van der Waals surface area contributed by atoms with Gasteiger partial charge in [-0.3, -0.25) is 9.59 Å². The number of hydrogen-bond donors (Lipinski definition) is 1. The summed E-state index contributed by atoms with van der Waals surface area (Å²) in [5.41, 5.74) is 6.39. The summed E-state index contributed by atoms with van der Waals surface area (Å²) >= 11 is 0. The maximum Gasteiger partial charge on any atom is 0.242 e. The molecule has 0 unspecified atom stereocenters. The SMILES string of the molecule is COc1ccc(N2CCN(C(C)=O)[C@@H](C(N)=O)C2)cc1. The summed E-state index contributed by atoms with van der Waals surface area (Å²) in [7, 11) is 1.61. The van der Waals surface area contributed by atoms with Crippen molar-refractivity contribution in [3.05, 3.63) is 24.3 Å². The molecule has 0 saturated carbocycles. The fourth-order valence-electron chi connectivity index (χ4n) is 2.43. The summed E-state index contributed by atoms with van der Waals surface area (Å²) in [5, 5.41) is 0. The Labute approximate surface area is 118 Å². The molecule has 108 valence electrons. The fraction of sp³-hybridized carbons (Fsp3) is 0.429. The Morgan fingerprint density at radius 1 is 1.25 bits per heavy atom. The van der Waals surface area contributed by atoms with Gasteiger partial charge in [0.15, 0.2) is 0 Å². The first-order chi connectivity index (χ1) is 9.52. The number of piperazine rings is 1. The van der Waals surface area contributed by atoms with Gasteiger partial charge in [0.25, 0.3) is 0 Å². The number of ether oxygens (including phenoxy) is 1. The molecular formula is C14H19N3O3. The lowest BCUT2D eigenvalue weighted by atomic mass is 10.1. The molecule has 0 spiro atoms. The molecule has 1 aliphatic heterocycles. The van der Waals surface area contributed by atoms with E-state index in [-0.39, 0.29) is 5.91 Å². The Hall–Kier alpha value is -2.24. The van der Waals surface area contributed by atoms with E-state index in [1.807, 2.05) is 29.2 Å². The molecule has 2 N–H and O–H groups in total. The lowest BCUT2D eigenvalue weighted by Gasteiger charge is -2.40. The molecule has 2 amide bonds. The van der Waals surface area contributed by atoms with Gasteiger partial charge in [-0.1, -0.05) is 0 Å². The second-order valence-corrected chi connectivity index (χ2v) is 4.77. The molecule has 0 bridgehead atoms. The summed E-state index contributed by atoms with van der Waals surface area (Å²) in [6, 6.07) is 7.02. The van der Waals surface area contributed by atoms with Crippen molar-refractivity contribution in [2.45, 2.75) is 13.0 Å². The number of benzene rings is 1. The summed E-state index contributed by atoms with van der Waals surface area (Å²) in [5.74, 6) is 0.184. The van der Waals surface area contributed by atoms with Crippen LogP contribution in [0.25, 0.3) is 0 Å². The quantitative estimate of drug-likeness (QED) is 0.857. The molecular weight excluding hydrogens is 258 g/mol. The van der Waals surface area contributed by atoms with Crippen LogP contribution in [-0.2, 0) is 9.59 Å². The van der Waals surface area contributed by atoms with Crippen molar-refractivity contribution in [2.75, 3.05) is 31.6 Å². The molecule has 1 aromatic rings. The minimum atomic E-state index is -0.580. The Morgan fingerprint density at radius 2 is 1.90 bits per heavy atom. The van der Waals surface area contributed by atoms with Crippen LogP contribution in [0.1, 0.15) is 6.92 Å². The van der Waals surface area contributed by atoms with Crippen LogP contribution >= 0.6 is 0 Å². The third-order valence-corrected chi connectivity index (χ3v) is 3.55. The number of amides is 2. The zero-order valence-corrected chi connectivity index (χ0v) is 11.7. The van der Waals surface area contributed by atoms with Gasteiger partial charge in [0, 0.05) is 32.2 Å². The van der Waals surface area contributed by atoms with Gasteiger partial charge in [-0.05, 0) is 24.3 Å². The van der Waals surface area contributed by atoms with Gasteiger partial charge in [0.2, 0.25) is 11.8 Å². The minimum Gasteiger partial charge on any atom is -0.497 e. The van der Waals surface area contributed by atoms with E-state index >= 15 is 0 Å². The highest BCUT2D eigenvalue weighted by atomic mass is 16.5. The molecule has 1 saturated heterocycles. The first-order valence-corrected chi connectivity index (χ1v) is 6.48. The number of hydrogen-bond acceptors (Lipinski definition) is 4. The predicted octanol–water partition coefficient (Wildman–Crippen LogP) is 0.218. The third-order valence-electron chi connectivity index (χ3n) is 3.55. The van der Waals surface area contributed by atoms with Crippen LogP contribution in [0.4, 0.5) is 5.69 Å². The average Bonchev–Trinajstić information content (AvgIpc) is 2.46. The zero-order valence-electron chi connectivity index (χ0n) is 11.7. The summed E-state index contributed by atoms with van der Waals surface area (Å²) in [4.78, 5) is 26.6. The van der Waals surface area contributed by atoms with E-state index in [2.05, 4.69) is 0 Å². The average molecular weight is 277 g/mol. The van der Waals surface area contributed by atoms with Crippen molar-refractivity contribution >= 4 is 17.5 Å². The molecule has 0 radical (unpaired) electrons. The Kier molecular flexibility index (Phi) is 4.12. The van der Waals surface area contributed by atoms with Gasteiger partial charge in [0.1, 0.15) is 11.8 Å². The Morgan fingerprint density at radius 3 is 2.40 bits per heavy atom. The lowest BCUT2D eigenvalue weighted by Crippen LogP contribution is -2.59. The van der Waals surface area contributed by atoms with Gasteiger partial charge in [-0.2, -0.15) is 0 Å². The van der Waals surface area contributed by atoms with E-state index < -0.39 is 11.9 Å². The molecule has 0 aliphatic carbocycles. The minimum absolute atomic E-state index is 0.122. The molecule has 20 heavy (non-hydrogen) atoms. The Balaban J connectivity index is 2.15. The second-order valence-electron chi connectivity index (χ2n) is 4.77.